The highest BCUT2D eigenvalue weighted by Gasteiger charge is 2.41. The lowest BCUT2D eigenvalue weighted by Crippen LogP contribution is -2.57. The number of nitrogens with zero attached hydrogens (tertiary/aromatic N) is 1. The topological polar surface area (TPSA) is 88.1 Å². The summed E-state index contributed by atoms with van der Waals surface area (Å²) in [5.41, 5.74) is 1.57. The molecule has 0 bridgehead atoms. The van der Waals surface area contributed by atoms with E-state index in [2.05, 4.69) is 5.32 Å². The molecular weight excluding hydrogens is 324 g/mol. The van der Waals surface area contributed by atoms with Crippen LogP contribution in [0.2, 0.25) is 0 Å². The van der Waals surface area contributed by atoms with Crippen LogP contribution in [-0.4, -0.2) is 60.3 Å². The molecule has 0 aromatic heterocycles. The number of hydrogen-bond donors (Lipinski definition) is 2. The van der Waals surface area contributed by atoms with Gasteiger partial charge in [-0.15, -0.1) is 0 Å². The van der Waals surface area contributed by atoms with Crippen molar-refractivity contribution in [2.75, 3.05) is 31.7 Å². The minimum absolute atomic E-state index is 0.00592. The van der Waals surface area contributed by atoms with Crippen LogP contribution in [0.5, 0.6) is 0 Å². The van der Waals surface area contributed by atoms with Gasteiger partial charge in [0.05, 0.1) is 12.6 Å². The smallest absolute Gasteiger partial charge is 0.249 e. The Morgan fingerprint density at radius 3 is 2.56 bits per heavy atom. The Morgan fingerprint density at radius 2 is 1.96 bits per heavy atom. The average molecular weight is 348 g/mol. The number of carbonyl (C=O) groups is 2. The Morgan fingerprint density at radius 1 is 1.28 bits per heavy atom. The molecule has 0 aliphatic carbocycles. The highest BCUT2D eigenvalue weighted by atomic mass is 16.5. The molecule has 2 aliphatic rings. The number of anilines is 1. The summed E-state index contributed by atoms with van der Waals surface area (Å²) in [5, 5.41) is 12.7. The quantitative estimate of drug-likeness (QED) is 0.850. The molecule has 1 aromatic carbocycles. The Hall–Kier alpha value is -1.96. The molecule has 0 radical (unpaired) electrons. The second kappa shape index (κ2) is 7.95. The van der Waals surface area contributed by atoms with Crippen LogP contribution in [-0.2, 0) is 19.1 Å². The highest BCUT2D eigenvalue weighted by molar-refractivity contribution is 5.88. The largest absolute Gasteiger partial charge is 0.394 e. The monoisotopic (exact) mass is 348 g/mol. The number of aliphatic hydroxyl groups excluding tert-OH is 1. The summed E-state index contributed by atoms with van der Waals surface area (Å²) in [6.07, 6.45) is 1.16. The summed E-state index contributed by atoms with van der Waals surface area (Å²) in [6, 6.07) is 6.96. The predicted octanol–water partition coefficient (Wildman–Crippen LogP) is 1.08. The minimum atomic E-state index is -0.420. The molecule has 2 heterocycles. The van der Waals surface area contributed by atoms with E-state index in [0.717, 1.165) is 18.4 Å². The summed E-state index contributed by atoms with van der Waals surface area (Å²) in [6.45, 7) is 2.55. The summed E-state index contributed by atoms with van der Waals surface area (Å²) in [4.78, 5) is 25.3. The molecule has 2 unspecified atom stereocenters. The Bertz CT molecular complexity index is 612. The maximum Gasteiger partial charge on any atom is 0.249 e. The first-order chi connectivity index (χ1) is 12.1. The van der Waals surface area contributed by atoms with E-state index in [0.29, 0.717) is 18.9 Å². The molecule has 1 aromatic rings. The van der Waals surface area contributed by atoms with Crippen LogP contribution in [0.25, 0.3) is 0 Å². The van der Waals surface area contributed by atoms with Crippen molar-refractivity contribution in [3.05, 3.63) is 29.8 Å². The van der Waals surface area contributed by atoms with E-state index in [4.69, 9.17) is 9.47 Å². The van der Waals surface area contributed by atoms with E-state index in [1.54, 1.807) is 17.0 Å². The third-order valence-corrected chi connectivity index (χ3v) is 4.71. The molecule has 2 amide bonds. The molecular formula is C18H24N2O5. The van der Waals surface area contributed by atoms with E-state index in [-0.39, 0.29) is 31.1 Å². The fourth-order valence-corrected chi connectivity index (χ4v) is 3.58. The van der Waals surface area contributed by atoms with Crippen LogP contribution < -0.4 is 5.32 Å². The van der Waals surface area contributed by atoms with Crippen LogP contribution in [0.1, 0.15) is 31.4 Å². The van der Waals surface area contributed by atoms with E-state index in [1.165, 1.54) is 6.92 Å². The zero-order valence-electron chi connectivity index (χ0n) is 14.3. The second-order valence-corrected chi connectivity index (χ2v) is 6.43. The van der Waals surface area contributed by atoms with E-state index >= 15 is 0 Å². The van der Waals surface area contributed by atoms with Crippen LogP contribution >= 0.6 is 0 Å². The Labute approximate surface area is 146 Å². The normalized spacial score (nSPS) is 25.0. The van der Waals surface area contributed by atoms with Gasteiger partial charge in [0.25, 0.3) is 0 Å². The first-order valence-electron chi connectivity index (χ1n) is 8.59. The van der Waals surface area contributed by atoms with E-state index < -0.39 is 12.1 Å². The summed E-state index contributed by atoms with van der Waals surface area (Å²) >= 11 is 0. The van der Waals surface area contributed by atoms with Crippen molar-refractivity contribution in [2.45, 2.75) is 38.0 Å². The lowest BCUT2D eigenvalue weighted by molar-refractivity contribution is -0.168. The van der Waals surface area contributed by atoms with Gasteiger partial charge in [-0.3, -0.25) is 9.59 Å². The van der Waals surface area contributed by atoms with Crippen molar-refractivity contribution in [1.29, 1.82) is 0 Å². The van der Waals surface area contributed by atoms with Gasteiger partial charge in [-0.05, 0) is 30.5 Å². The minimum Gasteiger partial charge on any atom is -0.394 e. The third-order valence-electron chi connectivity index (χ3n) is 4.71. The standard InChI is InChI=1S/C18H24N2O5/c1-12(22)19-14-4-2-13(3-5-14)18-16(10-21)20(17(23)11-25-18)15-6-8-24-9-7-15/h2-5,15-16,18,21H,6-11H2,1H3,(H,19,22). The number of aliphatic hydroxyl groups is 1. The molecule has 7 heteroatoms. The number of carbonyl (C=O) groups excluding carboxylic acids is 2. The van der Waals surface area contributed by atoms with Crippen molar-refractivity contribution in [2.24, 2.45) is 0 Å². The first kappa shape index (κ1) is 17.8. The zero-order valence-corrected chi connectivity index (χ0v) is 14.3. The number of hydrogen-bond acceptors (Lipinski definition) is 5. The molecule has 2 fully saturated rings. The number of morpholine rings is 1. The number of benzene rings is 1. The number of rotatable bonds is 4. The number of nitrogens with one attached hydrogen (secondary N) is 1. The van der Waals surface area contributed by atoms with Crippen LogP contribution in [0.4, 0.5) is 5.69 Å². The van der Waals surface area contributed by atoms with Gasteiger partial charge in [0, 0.05) is 31.9 Å². The SMILES string of the molecule is CC(=O)Nc1ccc(C2OCC(=O)N(C3CCOCC3)C2CO)cc1. The van der Waals surface area contributed by atoms with Gasteiger partial charge in [-0.2, -0.15) is 0 Å². The summed E-state index contributed by atoms with van der Waals surface area (Å²) < 4.78 is 11.1. The van der Waals surface area contributed by atoms with E-state index in [1.807, 2.05) is 12.1 Å². The van der Waals surface area contributed by atoms with Crippen molar-refractivity contribution in [3.8, 4) is 0 Å². The van der Waals surface area contributed by atoms with Crippen molar-refractivity contribution in [3.63, 3.8) is 0 Å². The van der Waals surface area contributed by atoms with Gasteiger partial charge in [0.1, 0.15) is 12.7 Å². The van der Waals surface area contributed by atoms with Gasteiger partial charge in [-0.1, -0.05) is 12.1 Å². The molecule has 25 heavy (non-hydrogen) atoms. The molecule has 7 nitrogen and oxygen atoms in total. The van der Waals surface area contributed by atoms with Gasteiger partial charge < -0.3 is 24.8 Å². The van der Waals surface area contributed by atoms with Gasteiger partial charge in [-0.25, -0.2) is 0 Å². The third kappa shape index (κ3) is 4.00. The van der Waals surface area contributed by atoms with Crippen molar-refractivity contribution >= 4 is 17.5 Å². The molecule has 2 aliphatic heterocycles. The lowest BCUT2D eigenvalue weighted by Gasteiger charge is -2.45. The lowest BCUT2D eigenvalue weighted by atomic mass is 9.95. The Balaban J connectivity index is 1.80. The van der Waals surface area contributed by atoms with Gasteiger partial charge in [0.2, 0.25) is 11.8 Å². The molecule has 136 valence electrons. The van der Waals surface area contributed by atoms with E-state index in [9.17, 15) is 14.7 Å². The summed E-state index contributed by atoms with van der Waals surface area (Å²) in [7, 11) is 0. The van der Waals surface area contributed by atoms with Crippen LogP contribution in [0.15, 0.2) is 24.3 Å². The van der Waals surface area contributed by atoms with Crippen molar-refractivity contribution in [1.82, 2.24) is 4.90 Å². The highest BCUT2D eigenvalue weighted by Crippen LogP contribution is 2.33. The molecule has 2 saturated heterocycles. The number of ether oxygens (including phenoxy) is 2. The number of amides is 2. The Kier molecular flexibility index (Phi) is 5.67. The fraction of sp³-hybridized carbons (Fsp3) is 0.556. The van der Waals surface area contributed by atoms with Crippen molar-refractivity contribution < 1.29 is 24.2 Å². The molecule has 2 N–H and O–H groups in total. The van der Waals surface area contributed by atoms with Gasteiger partial charge in [0.15, 0.2) is 0 Å². The molecule has 0 saturated carbocycles. The second-order valence-electron chi connectivity index (χ2n) is 6.43. The molecule has 2 atom stereocenters. The summed E-state index contributed by atoms with van der Waals surface area (Å²) in [5.74, 6) is -0.219. The zero-order chi connectivity index (χ0) is 17.8. The van der Waals surface area contributed by atoms with Crippen LogP contribution in [0.3, 0.4) is 0 Å². The maximum atomic E-state index is 12.4. The van der Waals surface area contributed by atoms with Gasteiger partial charge >= 0.3 is 0 Å². The predicted molar refractivity (Wildman–Crippen MR) is 91.0 cm³/mol. The maximum absolute atomic E-state index is 12.4. The molecule has 0 spiro atoms. The first-order valence-corrected chi connectivity index (χ1v) is 8.59. The fourth-order valence-electron chi connectivity index (χ4n) is 3.58. The average Bonchev–Trinajstić information content (AvgIpc) is 2.62. The molecule has 3 rings (SSSR count). The van der Waals surface area contributed by atoms with Crippen LogP contribution in [0, 0.1) is 0 Å².